The smallest absolute Gasteiger partial charge is 0.257 e. The molecule has 1 heterocycles. The monoisotopic (exact) mass is 246 g/mol. The van der Waals surface area contributed by atoms with Crippen LogP contribution < -0.4 is 0 Å². The minimum absolute atomic E-state index is 0.0228. The van der Waals surface area contributed by atoms with Crippen LogP contribution in [0.4, 0.5) is 0 Å². The summed E-state index contributed by atoms with van der Waals surface area (Å²) in [6.45, 7) is 2.62. The van der Waals surface area contributed by atoms with Gasteiger partial charge in [-0.25, -0.2) is 0 Å². The van der Waals surface area contributed by atoms with Crippen molar-refractivity contribution in [2.45, 2.75) is 19.4 Å². The van der Waals surface area contributed by atoms with Gasteiger partial charge in [-0.1, -0.05) is 12.2 Å². The number of ether oxygens (including phenoxy) is 1. The van der Waals surface area contributed by atoms with Gasteiger partial charge < -0.3 is 9.64 Å². The number of carbonyl (C=O) groups excluding carboxylic acids is 1. The predicted octanol–water partition coefficient (Wildman–Crippen LogP) is 1.70. The van der Waals surface area contributed by atoms with Gasteiger partial charge in [0, 0.05) is 26.2 Å². The molecule has 1 amide bonds. The van der Waals surface area contributed by atoms with E-state index in [2.05, 4.69) is 11.1 Å². The second kappa shape index (κ2) is 5.21. The number of allylic oxidation sites excluding steroid dienone is 1. The first-order valence-electron chi connectivity index (χ1n) is 6.12. The Bertz CT molecular complexity index is 472. The van der Waals surface area contributed by atoms with E-state index in [1.807, 2.05) is 25.3 Å². The molecule has 0 fully saturated rings. The molecular formula is C14H18N2O2. The first kappa shape index (κ1) is 12.6. The molecule has 0 aromatic carbocycles. The van der Waals surface area contributed by atoms with Crippen molar-refractivity contribution in [1.82, 2.24) is 4.90 Å². The van der Waals surface area contributed by atoms with Gasteiger partial charge in [0.25, 0.3) is 5.91 Å². The van der Waals surface area contributed by atoms with E-state index in [9.17, 15) is 4.79 Å². The topological polar surface area (TPSA) is 41.9 Å². The number of methoxy groups -OCH3 is 1. The molecule has 2 aliphatic rings. The van der Waals surface area contributed by atoms with Gasteiger partial charge in [0.2, 0.25) is 0 Å². The molecule has 0 aromatic rings. The Morgan fingerprint density at radius 1 is 1.56 bits per heavy atom. The normalized spacial score (nSPS) is 21.5. The largest absolute Gasteiger partial charge is 0.498 e. The fourth-order valence-electron chi connectivity index (χ4n) is 2.09. The molecule has 0 bridgehead atoms. The summed E-state index contributed by atoms with van der Waals surface area (Å²) in [6.07, 6.45) is 8.60. The van der Waals surface area contributed by atoms with Crippen LogP contribution in [-0.2, 0) is 9.53 Å². The lowest BCUT2D eigenvalue weighted by Crippen LogP contribution is -2.31. The van der Waals surface area contributed by atoms with Crippen molar-refractivity contribution in [2.75, 3.05) is 20.7 Å². The SMILES string of the molecule is CCN(C)C(=O)C1=C(OC)C2N=CCC=C2C=C1. The van der Waals surface area contributed by atoms with Gasteiger partial charge in [-0.3, -0.25) is 9.79 Å². The van der Waals surface area contributed by atoms with Gasteiger partial charge in [-0.15, -0.1) is 0 Å². The van der Waals surface area contributed by atoms with Crippen molar-refractivity contribution in [1.29, 1.82) is 0 Å². The van der Waals surface area contributed by atoms with E-state index < -0.39 is 0 Å². The third-order valence-corrected chi connectivity index (χ3v) is 3.26. The molecule has 1 aliphatic carbocycles. The van der Waals surface area contributed by atoms with Crippen LogP contribution in [0.5, 0.6) is 0 Å². The molecule has 18 heavy (non-hydrogen) atoms. The highest BCUT2D eigenvalue weighted by molar-refractivity contribution is 5.97. The Labute approximate surface area is 107 Å². The highest BCUT2D eigenvalue weighted by atomic mass is 16.5. The van der Waals surface area contributed by atoms with E-state index in [4.69, 9.17) is 4.74 Å². The van der Waals surface area contributed by atoms with E-state index in [-0.39, 0.29) is 11.9 Å². The molecule has 0 N–H and O–H groups in total. The summed E-state index contributed by atoms with van der Waals surface area (Å²) in [5, 5.41) is 0. The van der Waals surface area contributed by atoms with Crippen molar-refractivity contribution in [3.63, 3.8) is 0 Å². The number of nitrogens with zero attached hydrogens (tertiary/aromatic N) is 2. The summed E-state index contributed by atoms with van der Waals surface area (Å²) in [5.41, 5.74) is 1.70. The second-order valence-corrected chi connectivity index (χ2v) is 4.31. The molecular weight excluding hydrogens is 228 g/mol. The van der Waals surface area contributed by atoms with Gasteiger partial charge >= 0.3 is 0 Å². The van der Waals surface area contributed by atoms with E-state index >= 15 is 0 Å². The average molecular weight is 246 g/mol. The van der Waals surface area contributed by atoms with Crippen LogP contribution in [0, 0.1) is 0 Å². The van der Waals surface area contributed by atoms with Crippen molar-refractivity contribution >= 4 is 12.1 Å². The lowest BCUT2D eigenvalue weighted by atomic mass is 9.92. The summed E-state index contributed by atoms with van der Waals surface area (Å²) in [7, 11) is 3.38. The van der Waals surface area contributed by atoms with Crippen molar-refractivity contribution < 1.29 is 9.53 Å². The summed E-state index contributed by atoms with van der Waals surface area (Å²) >= 11 is 0. The van der Waals surface area contributed by atoms with Gasteiger partial charge in [-0.05, 0) is 18.6 Å². The maximum Gasteiger partial charge on any atom is 0.257 e. The van der Waals surface area contributed by atoms with E-state index in [1.54, 1.807) is 19.1 Å². The van der Waals surface area contributed by atoms with Crippen LogP contribution in [0.15, 0.2) is 40.1 Å². The lowest BCUT2D eigenvalue weighted by molar-refractivity contribution is -0.125. The van der Waals surface area contributed by atoms with Crippen LogP contribution in [-0.4, -0.2) is 43.8 Å². The van der Waals surface area contributed by atoms with Gasteiger partial charge in [0.1, 0.15) is 11.8 Å². The minimum Gasteiger partial charge on any atom is -0.498 e. The molecule has 0 saturated heterocycles. The number of aliphatic imine (C=N–C) groups is 1. The number of carbonyl (C=O) groups is 1. The van der Waals surface area contributed by atoms with Crippen LogP contribution in [0.1, 0.15) is 13.3 Å². The van der Waals surface area contributed by atoms with Gasteiger partial charge in [0.15, 0.2) is 0 Å². The Morgan fingerprint density at radius 2 is 2.33 bits per heavy atom. The van der Waals surface area contributed by atoms with Crippen molar-refractivity contribution in [2.24, 2.45) is 4.99 Å². The van der Waals surface area contributed by atoms with Crippen molar-refractivity contribution in [3.05, 3.63) is 35.1 Å². The number of hydrogen-bond acceptors (Lipinski definition) is 3. The number of fused-ring (bicyclic) bond motifs is 1. The first-order valence-corrected chi connectivity index (χ1v) is 6.12. The number of hydrogen-bond donors (Lipinski definition) is 0. The summed E-state index contributed by atoms with van der Waals surface area (Å²) in [6, 6.07) is -0.155. The number of dihydropyridines is 1. The molecule has 4 heteroatoms. The highest BCUT2D eigenvalue weighted by Crippen LogP contribution is 2.29. The standard InChI is InChI=1S/C14H18N2O2/c1-4-16(2)14(17)11-8-7-10-6-5-9-15-12(10)13(11)18-3/h6-9,12H,4-5H2,1-3H3. The fourth-order valence-corrected chi connectivity index (χ4v) is 2.09. The quantitative estimate of drug-likeness (QED) is 0.760. The zero-order valence-electron chi connectivity index (χ0n) is 11.0. The molecule has 96 valence electrons. The molecule has 1 aliphatic heterocycles. The zero-order valence-corrected chi connectivity index (χ0v) is 11.0. The maximum atomic E-state index is 12.2. The number of likely N-dealkylation sites (N-methyl/N-ethyl adjacent to an activating group) is 1. The predicted molar refractivity (Wildman–Crippen MR) is 71.5 cm³/mol. The van der Waals surface area contributed by atoms with Crippen molar-refractivity contribution in [3.8, 4) is 0 Å². The van der Waals surface area contributed by atoms with Crippen LogP contribution in [0.25, 0.3) is 0 Å². The third kappa shape index (κ3) is 2.10. The summed E-state index contributed by atoms with van der Waals surface area (Å²) < 4.78 is 5.42. The fraction of sp³-hybridized carbons (Fsp3) is 0.429. The Hall–Kier alpha value is -1.84. The molecule has 1 atom stereocenters. The van der Waals surface area contributed by atoms with Crippen LogP contribution >= 0.6 is 0 Å². The highest BCUT2D eigenvalue weighted by Gasteiger charge is 2.29. The molecule has 1 unspecified atom stereocenters. The third-order valence-electron chi connectivity index (χ3n) is 3.26. The maximum absolute atomic E-state index is 12.2. The molecule has 0 saturated carbocycles. The van der Waals surface area contributed by atoms with Gasteiger partial charge in [0.05, 0.1) is 12.7 Å². The molecule has 0 spiro atoms. The molecule has 4 nitrogen and oxygen atoms in total. The van der Waals surface area contributed by atoms with E-state index in [0.29, 0.717) is 17.9 Å². The summed E-state index contributed by atoms with van der Waals surface area (Å²) in [5.74, 6) is 0.621. The number of amides is 1. The second-order valence-electron chi connectivity index (χ2n) is 4.31. The van der Waals surface area contributed by atoms with Gasteiger partial charge in [-0.2, -0.15) is 0 Å². The lowest BCUT2D eigenvalue weighted by Gasteiger charge is -2.26. The molecule has 0 aromatic heterocycles. The summed E-state index contributed by atoms with van der Waals surface area (Å²) in [4.78, 5) is 18.3. The molecule has 0 radical (unpaired) electrons. The Morgan fingerprint density at radius 3 is 3.00 bits per heavy atom. The number of rotatable bonds is 3. The Kier molecular flexibility index (Phi) is 3.65. The van der Waals surface area contributed by atoms with Crippen LogP contribution in [0.2, 0.25) is 0 Å². The first-order chi connectivity index (χ1) is 8.69. The van der Waals surface area contributed by atoms with E-state index in [0.717, 1.165) is 12.0 Å². The average Bonchev–Trinajstić information content (AvgIpc) is 2.44. The molecule has 2 rings (SSSR count). The zero-order chi connectivity index (χ0) is 13.1. The van der Waals surface area contributed by atoms with E-state index in [1.165, 1.54) is 0 Å². The Balaban J connectivity index is 2.39. The minimum atomic E-state index is -0.155. The van der Waals surface area contributed by atoms with Crippen LogP contribution in [0.3, 0.4) is 0 Å².